The van der Waals surface area contributed by atoms with Gasteiger partial charge in [0.25, 0.3) is 5.56 Å². The largest absolute Gasteiger partial charge is 0.379 e. The topological polar surface area (TPSA) is 247 Å². The number of ketones is 1. The molecule has 6 rings (SSSR count). The summed E-state index contributed by atoms with van der Waals surface area (Å²) in [6.07, 6.45) is 22.6. The summed E-state index contributed by atoms with van der Waals surface area (Å²) in [6, 6.07) is 0.347. The van der Waals surface area contributed by atoms with Crippen LogP contribution in [0.4, 0.5) is 0 Å². The molecule has 0 bridgehead atoms. The van der Waals surface area contributed by atoms with Gasteiger partial charge in [-0.2, -0.15) is 0 Å². The number of imidazole rings is 3. The van der Waals surface area contributed by atoms with Crippen molar-refractivity contribution < 1.29 is 23.9 Å². The van der Waals surface area contributed by atoms with E-state index < -0.39 is 11.2 Å². The third kappa shape index (κ3) is 22.1. The Hall–Kier alpha value is -5.55. The number of carbonyl (C=O) groups excluding carboxylic acids is 4. The van der Waals surface area contributed by atoms with E-state index in [2.05, 4.69) is 73.5 Å². The summed E-state index contributed by atoms with van der Waals surface area (Å²) >= 11 is 0. The number of nitrogens with one attached hydrogen (secondary N) is 3. The highest BCUT2D eigenvalue weighted by atomic mass is 16.5. The van der Waals surface area contributed by atoms with E-state index in [1.54, 1.807) is 53.6 Å². The highest BCUT2D eigenvalue weighted by Gasteiger charge is 2.25. The minimum atomic E-state index is -0.446. The highest BCUT2D eigenvalue weighted by Crippen LogP contribution is 2.21. The van der Waals surface area contributed by atoms with E-state index in [9.17, 15) is 28.8 Å². The summed E-state index contributed by atoms with van der Waals surface area (Å²) in [7, 11) is 11.1. The summed E-state index contributed by atoms with van der Waals surface area (Å²) in [5.41, 5.74) is 5.58. The van der Waals surface area contributed by atoms with Crippen LogP contribution in [0, 0.1) is 5.92 Å². The Balaban J connectivity index is 0.000000263. The SMILES string of the molecule is CCC(C)C(N)C(=O)CCCN1CCOCC1.CCCCCNC(=O)Cn1ccnc1.CN(C)C1CCCC(NC(=O)Cn2cnc3c2c(=O)n(C)c(=O)n3C)C1.CN(C)CCCNC(=O)Cn1ccnc1. The minimum absolute atomic E-state index is 0.00702. The van der Waals surface area contributed by atoms with Gasteiger partial charge in [0.1, 0.15) is 25.4 Å². The number of morpholine rings is 1. The van der Waals surface area contributed by atoms with Gasteiger partial charge in [0, 0.05) is 83.6 Å². The zero-order valence-electron chi connectivity index (χ0n) is 44.8. The van der Waals surface area contributed by atoms with Gasteiger partial charge in [-0.3, -0.25) is 38.0 Å². The van der Waals surface area contributed by atoms with Gasteiger partial charge in [0.15, 0.2) is 11.2 Å². The molecule has 1 aliphatic carbocycles. The molecule has 0 spiro atoms. The number of Topliss-reactive ketones (excluding diaryl/α,β-unsaturated/α-hetero) is 1. The Labute approximate surface area is 426 Å². The first-order chi connectivity index (χ1) is 34.4. The van der Waals surface area contributed by atoms with Crippen LogP contribution in [-0.4, -0.2) is 175 Å². The molecule has 3 amide bonds. The first kappa shape index (κ1) is 60.8. The number of aryl methyl sites for hydroxylation is 1. The second-order valence-corrected chi connectivity index (χ2v) is 19.3. The number of amides is 3. The number of aromatic nitrogens is 8. The Morgan fingerprint density at radius 1 is 0.819 bits per heavy atom. The normalized spacial score (nSPS) is 16.6. The van der Waals surface area contributed by atoms with Gasteiger partial charge >= 0.3 is 5.69 Å². The van der Waals surface area contributed by atoms with Crippen LogP contribution in [0.2, 0.25) is 0 Å². The lowest BCUT2D eigenvalue weighted by atomic mass is 9.90. The van der Waals surface area contributed by atoms with Crippen molar-refractivity contribution in [2.24, 2.45) is 25.7 Å². The second-order valence-electron chi connectivity index (χ2n) is 19.3. The number of nitrogens with zero attached hydrogens (tertiary/aromatic N) is 11. The maximum Gasteiger partial charge on any atom is 0.332 e. The van der Waals surface area contributed by atoms with Crippen molar-refractivity contribution in [3.63, 3.8) is 0 Å². The van der Waals surface area contributed by atoms with Crippen molar-refractivity contribution in [2.75, 3.05) is 80.7 Å². The molecule has 22 nitrogen and oxygen atoms in total. The Bertz CT molecular complexity index is 2280. The van der Waals surface area contributed by atoms with Crippen LogP contribution in [0.5, 0.6) is 0 Å². The van der Waals surface area contributed by atoms with E-state index in [1.165, 1.54) is 35.4 Å². The standard InChI is InChI=1S/C17H26N6O3.C13H26N2O2.C10H18N4O.C10H17N3O/c1-20(2)12-7-5-6-11(8-12)19-13(24)9-23-10-18-15-14(23)16(25)22(4)17(26)21(15)3;1-3-11(2)13(14)12(16)5-4-6-15-7-9-17-10-8-15;1-13(2)6-3-4-12-10(15)8-14-7-5-11-9-14;1-2-3-4-5-12-10(14)8-13-7-6-11-9-13/h10-12H,5-9H2,1-4H3,(H,19,24);11,13H,3-10,14H2,1-2H3;5,7,9H,3-4,6,8H2,1-2H3,(H,12,15);6-7,9H,2-5,8H2,1H3,(H,12,14). The molecule has 1 aliphatic heterocycles. The lowest BCUT2D eigenvalue weighted by molar-refractivity contribution is -0.123. The molecule has 0 radical (unpaired) electrons. The van der Waals surface area contributed by atoms with E-state index in [-0.39, 0.29) is 53.3 Å². The average Bonchev–Trinajstić information content (AvgIpc) is 4.17. The lowest BCUT2D eigenvalue weighted by Gasteiger charge is -2.33. The van der Waals surface area contributed by atoms with Crippen LogP contribution in [0.25, 0.3) is 11.2 Å². The number of nitrogens with two attached hydrogens (primary N) is 1. The van der Waals surface area contributed by atoms with E-state index in [0.717, 1.165) is 108 Å². The fourth-order valence-corrected chi connectivity index (χ4v) is 8.18. The number of ether oxygens (including phenoxy) is 1. The summed E-state index contributed by atoms with van der Waals surface area (Å²) in [5, 5.41) is 8.81. The zero-order chi connectivity index (χ0) is 53.0. The Morgan fingerprint density at radius 3 is 2.00 bits per heavy atom. The summed E-state index contributed by atoms with van der Waals surface area (Å²) < 4.78 is 12.6. The smallest absolute Gasteiger partial charge is 0.332 e. The van der Waals surface area contributed by atoms with Crippen LogP contribution in [0.3, 0.4) is 0 Å². The van der Waals surface area contributed by atoms with Crippen LogP contribution in [-0.2, 0) is 57.6 Å². The Morgan fingerprint density at radius 2 is 1.44 bits per heavy atom. The molecule has 5 N–H and O–H groups in total. The van der Waals surface area contributed by atoms with Gasteiger partial charge in [-0.15, -0.1) is 0 Å². The van der Waals surface area contributed by atoms with Crippen molar-refractivity contribution >= 4 is 34.7 Å². The number of hydrogen-bond acceptors (Lipinski definition) is 14. The van der Waals surface area contributed by atoms with Crippen LogP contribution >= 0.6 is 0 Å². The molecule has 1 saturated carbocycles. The quantitative estimate of drug-likeness (QED) is 0.0772. The number of unbranched alkanes of at least 4 members (excludes halogenated alkanes) is 2. The molecule has 4 atom stereocenters. The maximum atomic E-state index is 12.5. The van der Waals surface area contributed by atoms with Crippen LogP contribution < -0.4 is 32.9 Å². The fourth-order valence-electron chi connectivity index (χ4n) is 8.18. The van der Waals surface area contributed by atoms with Crippen molar-refractivity contribution in [1.82, 2.24) is 68.4 Å². The molecule has 404 valence electrons. The molecule has 1 saturated heterocycles. The first-order valence-corrected chi connectivity index (χ1v) is 25.7. The molecule has 2 aliphatic rings. The molecule has 2 fully saturated rings. The molecular formula is C50H87N15O7. The van der Waals surface area contributed by atoms with Crippen molar-refractivity contribution in [1.29, 1.82) is 0 Å². The predicted molar refractivity (Wildman–Crippen MR) is 280 cm³/mol. The molecule has 22 heteroatoms. The highest BCUT2D eigenvalue weighted by molar-refractivity contribution is 5.84. The molecule has 4 aromatic rings. The fraction of sp³-hybridized carbons (Fsp3) is 0.700. The molecule has 0 aromatic carbocycles. The van der Waals surface area contributed by atoms with Crippen molar-refractivity contribution in [3.05, 3.63) is 64.6 Å². The van der Waals surface area contributed by atoms with E-state index in [0.29, 0.717) is 31.5 Å². The second kappa shape index (κ2) is 33.2. The maximum absolute atomic E-state index is 12.5. The monoisotopic (exact) mass is 1010 g/mol. The number of carbonyl (C=O) groups is 4. The van der Waals surface area contributed by atoms with Gasteiger partial charge in [0.05, 0.1) is 38.2 Å². The molecule has 72 heavy (non-hydrogen) atoms. The number of hydrogen-bond donors (Lipinski definition) is 4. The van der Waals surface area contributed by atoms with Crippen LogP contribution in [0.15, 0.2) is 53.4 Å². The number of fused-ring (bicyclic) bond motifs is 1. The lowest BCUT2D eigenvalue weighted by Crippen LogP contribution is -2.44. The van der Waals surface area contributed by atoms with Gasteiger partial charge in [-0.05, 0) is 92.1 Å². The first-order valence-electron chi connectivity index (χ1n) is 25.7. The van der Waals surface area contributed by atoms with Gasteiger partial charge in [0.2, 0.25) is 17.7 Å². The molecule has 5 heterocycles. The van der Waals surface area contributed by atoms with Crippen molar-refractivity contribution in [2.45, 2.75) is 129 Å². The van der Waals surface area contributed by atoms with Gasteiger partial charge < -0.3 is 49.9 Å². The summed E-state index contributed by atoms with van der Waals surface area (Å²) in [5.74, 6) is 0.453. The summed E-state index contributed by atoms with van der Waals surface area (Å²) in [4.78, 5) is 89.9. The van der Waals surface area contributed by atoms with Crippen LogP contribution in [0.1, 0.15) is 91.4 Å². The molecular weight excluding hydrogens is 923 g/mol. The molecule has 4 aromatic heterocycles. The predicted octanol–water partition coefficient (Wildman–Crippen LogP) is 1.60. The van der Waals surface area contributed by atoms with Gasteiger partial charge in [-0.25, -0.2) is 19.7 Å². The van der Waals surface area contributed by atoms with E-state index in [4.69, 9.17) is 10.5 Å². The Kier molecular flexibility index (Phi) is 28.0. The van der Waals surface area contributed by atoms with Gasteiger partial charge in [-0.1, -0.05) is 40.0 Å². The van der Waals surface area contributed by atoms with Crippen molar-refractivity contribution in [3.8, 4) is 0 Å². The van der Waals surface area contributed by atoms with E-state index >= 15 is 0 Å². The average molecular weight is 1010 g/mol. The third-order valence-electron chi connectivity index (χ3n) is 12.9. The zero-order valence-corrected chi connectivity index (χ0v) is 44.8. The molecule has 4 unspecified atom stereocenters. The third-order valence-corrected chi connectivity index (χ3v) is 12.9. The minimum Gasteiger partial charge on any atom is -0.379 e. The number of rotatable bonds is 23. The van der Waals surface area contributed by atoms with E-state index in [1.807, 2.05) is 21.0 Å². The summed E-state index contributed by atoms with van der Waals surface area (Å²) in [6.45, 7) is 14.1.